The van der Waals surface area contributed by atoms with Gasteiger partial charge in [-0.2, -0.15) is 0 Å². The number of hydrogen-bond donors (Lipinski definition) is 1. The lowest BCUT2D eigenvalue weighted by Gasteiger charge is -2.08. The van der Waals surface area contributed by atoms with Crippen molar-refractivity contribution in [2.24, 2.45) is 0 Å². The molecule has 0 spiro atoms. The molecule has 0 radical (unpaired) electrons. The van der Waals surface area contributed by atoms with Gasteiger partial charge in [-0.3, -0.25) is 20.2 Å². The number of benzene rings is 1. The van der Waals surface area contributed by atoms with Crippen molar-refractivity contribution in [3.8, 4) is 0 Å². The summed E-state index contributed by atoms with van der Waals surface area (Å²) in [5, 5.41) is 24.6. The maximum atomic E-state index is 11.4. The van der Waals surface area contributed by atoms with Crippen LogP contribution in [0, 0.1) is 20.2 Å². The topological polar surface area (TPSA) is 132 Å². The maximum absolute atomic E-state index is 11.4. The number of rotatable bonds is 6. The summed E-state index contributed by atoms with van der Waals surface area (Å²) in [6, 6.07) is 1.64. The maximum Gasteiger partial charge on any atom is 0.300 e. The minimum Gasteiger partial charge on any atom is -0.374 e. The Hall–Kier alpha value is -2.23. The quantitative estimate of drug-likeness (QED) is 0.624. The van der Waals surface area contributed by atoms with Gasteiger partial charge in [0.15, 0.2) is 15.5 Å². The van der Waals surface area contributed by atoms with Crippen LogP contribution in [0.2, 0.25) is 0 Å². The van der Waals surface area contributed by atoms with Crippen molar-refractivity contribution < 1.29 is 18.3 Å². The number of nitro benzene ring substituents is 2. The van der Waals surface area contributed by atoms with Crippen molar-refractivity contribution in [2.45, 2.75) is 18.2 Å². The largest absolute Gasteiger partial charge is 0.374 e. The molecule has 1 rings (SSSR count). The molecule has 1 aromatic carbocycles. The van der Waals surface area contributed by atoms with Gasteiger partial charge in [-0.15, -0.1) is 0 Å². The van der Waals surface area contributed by atoms with Crippen molar-refractivity contribution in [1.82, 2.24) is 0 Å². The molecule has 9 nitrogen and oxygen atoms in total. The first-order chi connectivity index (χ1) is 9.18. The number of anilines is 1. The minimum absolute atomic E-state index is 0.283. The molecule has 0 amide bonds. The zero-order valence-corrected chi connectivity index (χ0v) is 11.6. The van der Waals surface area contributed by atoms with Gasteiger partial charge in [-0.05, 0) is 6.42 Å². The number of nitrogens with one attached hydrogen (secondary N) is 1. The van der Waals surface area contributed by atoms with Gasteiger partial charge in [0, 0.05) is 24.9 Å². The van der Waals surface area contributed by atoms with Crippen LogP contribution < -0.4 is 5.32 Å². The summed E-state index contributed by atoms with van der Waals surface area (Å²) in [6.45, 7) is 2.08. The molecule has 110 valence electrons. The van der Waals surface area contributed by atoms with Crippen LogP contribution in [-0.4, -0.2) is 31.1 Å². The highest BCUT2D eigenvalue weighted by Crippen LogP contribution is 2.37. The van der Waals surface area contributed by atoms with Crippen molar-refractivity contribution in [3.63, 3.8) is 0 Å². The molecule has 0 saturated heterocycles. The normalized spacial score (nSPS) is 11.1. The Morgan fingerprint density at radius 1 is 1.15 bits per heavy atom. The van der Waals surface area contributed by atoms with Gasteiger partial charge in [0.1, 0.15) is 0 Å². The van der Waals surface area contributed by atoms with Crippen LogP contribution in [0.1, 0.15) is 13.3 Å². The van der Waals surface area contributed by atoms with Crippen molar-refractivity contribution in [3.05, 3.63) is 32.4 Å². The molecule has 0 aliphatic rings. The van der Waals surface area contributed by atoms with E-state index < -0.39 is 36.0 Å². The molecule has 0 unspecified atom stereocenters. The lowest BCUT2D eigenvalue weighted by Crippen LogP contribution is -2.08. The van der Waals surface area contributed by atoms with E-state index >= 15 is 0 Å². The monoisotopic (exact) mass is 303 g/mol. The van der Waals surface area contributed by atoms with Gasteiger partial charge < -0.3 is 5.32 Å². The van der Waals surface area contributed by atoms with Crippen LogP contribution in [0.4, 0.5) is 17.1 Å². The van der Waals surface area contributed by atoms with Gasteiger partial charge >= 0.3 is 11.4 Å². The number of sulfone groups is 1. The molecule has 0 aliphatic heterocycles. The van der Waals surface area contributed by atoms with Gasteiger partial charge in [-0.1, -0.05) is 6.92 Å². The second-order valence-corrected chi connectivity index (χ2v) is 6.07. The molecule has 0 aliphatic carbocycles. The Balaban J connectivity index is 3.63. The van der Waals surface area contributed by atoms with Gasteiger partial charge in [0.05, 0.1) is 14.7 Å². The van der Waals surface area contributed by atoms with Crippen LogP contribution in [0.3, 0.4) is 0 Å². The number of nitrogens with zero attached hydrogens (tertiary/aromatic N) is 2. The molecule has 0 saturated carbocycles. The van der Waals surface area contributed by atoms with E-state index in [2.05, 4.69) is 5.32 Å². The smallest absolute Gasteiger partial charge is 0.300 e. The third-order valence-electron chi connectivity index (χ3n) is 2.44. The molecular weight excluding hydrogens is 290 g/mol. The highest BCUT2D eigenvalue weighted by molar-refractivity contribution is 7.90. The SMILES string of the molecule is CCCNc1c([N+](=O)[O-])cc(S(C)(=O)=O)cc1[N+](=O)[O-]. The average molecular weight is 303 g/mol. The minimum atomic E-state index is -3.79. The van der Waals surface area contributed by atoms with Crippen molar-refractivity contribution in [2.75, 3.05) is 18.1 Å². The molecule has 0 atom stereocenters. The van der Waals surface area contributed by atoms with E-state index in [0.29, 0.717) is 13.0 Å². The third kappa shape index (κ3) is 3.41. The molecule has 0 aromatic heterocycles. The summed E-state index contributed by atoms with van der Waals surface area (Å²) in [6.07, 6.45) is 1.43. The van der Waals surface area contributed by atoms with E-state index in [1.165, 1.54) is 0 Å². The van der Waals surface area contributed by atoms with E-state index in [1.54, 1.807) is 6.92 Å². The summed E-state index contributed by atoms with van der Waals surface area (Å²) in [5.74, 6) is 0. The Kier molecular flexibility index (Phi) is 4.61. The van der Waals surface area contributed by atoms with Crippen molar-refractivity contribution >= 4 is 26.9 Å². The lowest BCUT2D eigenvalue weighted by atomic mass is 10.2. The Bertz CT molecular complexity index is 620. The van der Waals surface area contributed by atoms with Crippen LogP contribution >= 0.6 is 0 Å². The highest BCUT2D eigenvalue weighted by Gasteiger charge is 2.28. The van der Waals surface area contributed by atoms with E-state index in [0.717, 1.165) is 18.4 Å². The second-order valence-electron chi connectivity index (χ2n) is 4.05. The van der Waals surface area contributed by atoms with E-state index in [-0.39, 0.29) is 5.69 Å². The van der Waals surface area contributed by atoms with Crippen LogP contribution in [0.15, 0.2) is 17.0 Å². The first-order valence-electron chi connectivity index (χ1n) is 5.59. The predicted octanol–water partition coefficient (Wildman–Crippen LogP) is 1.73. The predicted molar refractivity (Wildman–Crippen MR) is 71.6 cm³/mol. The second kappa shape index (κ2) is 5.82. The van der Waals surface area contributed by atoms with Crippen LogP contribution in [-0.2, 0) is 9.84 Å². The zero-order chi connectivity index (χ0) is 15.5. The third-order valence-corrected chi connectivity index (χ3v) is 3.54. The van der Waals surface area contributed by atoms with Crippen molar-refractivity contribution in [1.29, 1.82) is 0 Å². The molecular formula is C10H13N3O6S. The Labute approximate surface area is 114 Å². The fourth-order valence-electron chi connectivity index (χ4n) is 1.52. The number of nitro groups is 2. The van der Waals surface area contributed by atoms with Crippen LogP contribution in [0.5, 0.6) is 0 Å². The first kappa shape index (κ1) is 15.8. The zero-order valence-electron chi connectivity index (χ0n) is 10.8. The molecule has 1 aromatic rings. The van der Waals surface area contributed by atoms with E-state index in [4.69, 9.17) is 0 Å². The van der Waals surface area contributed by atoms with E-state index in [1.807, 2.05) is 0 Å². The Morgan fingerprint density at radius 3 is 1.90 bits per heavy atom. The summed E-state index contributed by atoms with van der Waals surface area (Å²) < 4.78 is 22.9. The van der Waals surface area contributed by atoms with Gasteiger partial charge in [-0.25, -0.2) is 8.42 Å². The molecule has 1 N–H and O–H groups in total. The molecule has 0 bridgehead atoms. The summed E-state index contributed by atoms with van der Waals surface area (Å²) in [7, 11) is -3.79. The fraction of sp³-hybridized carbons (Fsp3) is 0.400. The van der Waals surface area contributed by atoms with E-state index in [9.17, 15) is 28.6 Å². The molecule has 0 heterocycles. The number of hydrogen-bond acceptors (Lipinski definition) is 7. The van der Waals surface area contributed by atoms with Gasteiger partial charge in [0.2, 0.25) is 0 Å². The molecule has 20 heavy (non-hydrogen) atoms. The van der Waals surface area contributed by atoms with Crippen LogP contribution in [0.25, 0.3) is 0 Å². The lowest BCUT2D eigenvalue weighted by molar-refractivity contribution is -0.392. The molecule has 0 fully saturated rings. The Morgan fingerprint density at radius 2 is 1.60 bits per heavy atom. The summed E-state index contributed by atoms with van der Waals surface area (Å²) in [5.41, 5.74) is -1.55. The highest BCUT2D eigenvalue weighted by atomic mass is 32.2. The fourth-order valence-corrected chi connectivity index (χ4v) is 2.17. The molecule has 10 heteroatoms. The average Bonchev–Trinajstić information content (AvgIpc) is 2.33. The standard InChI is InChI=1S/C10H13N3O6S/c1-3-4-11-10-8(12(14)15)5-7(20(2,18)19)6-9(10)13(16)17/h5-6,11H,3-4H2,1-2H3. The summed E-state index contributed by atoms with van der Waals surface area (Å²) >= 11 is 0. The van der Waals surface area contributed by atoms with Gasteiger partial charge in [0.25, 0.3) is 0 Å². The summed E-state index contributed by atoms with van der Waals surface area (Å²) in [4.78, 5) is 19.8. The first-order valence-corrected chi connectivity index (χ1v) is 7.48.